The van der Waals surface area contributed by atoms with Crippen molar-refractivity contribution in [2.24, 2.45) is 0 Å². The SMILES string of the molecule is CCOC(=O)[C@@H](Sc1nc(CC)cc(=O)[nH]1)C(C)=O. The number of thioether (sulfide) groups is 1. The van der Waals surface area contributed by atoms with Crippen molar-refractivity contribution in [1.29, 1.82) is 0 Å². The standard InChI is InChI=1S/C12H16N2O4S/c1-4-8-6-9(16)14-12(13-8)19-10(7(3)15)11(17)18-5-2/h6,10H,4-5H2,1-3H3,(H,13,14,16)/t10-/m0/s1. The summed E-state index contributed by atoms with van der Waals surface area (Å²) in [5.74, 6) is -0.961. The molecule has 0 spiro atoms. The topological polar surface area (TPSA) is 89.1 Å². The van der Waals surface area contributed by atoms with Gasteiger partial charge in [0.2, 0.25) is 0 Å². The minimum Gasteiger partial charge on any atom is -0.465 e. The number of carbonyl (C=O) groups is 2. The van der Waals surface area contributed by atoms with Crippen molar-refractivity contribution in [2.75, 3.05) is 6.61 Å². The Kier molecular flexibility index (Phi) is 5.75. The first-order valence-corrected chi connectivity index (χ1v) is 6.79. The molecule has 7 heteroatoms. The molecule has 1 aromatic rings. The summed E-state index contributed by atoms with van der Waals surface area (Å²) in [6, 6.07) is 1.39. The zero-order valence-electron chi connectivity index (χ0n) is 11.1. The van der Waals surface area contributed by atoms with Gasteiger partial charge in [0.05, 0.1) is 6.61 Å². The van der Waals surface area contributed by atoms with Crippen LogP contribution in [0.15, 0.2) is 16.0 Å². The van der Waals surface area contributed by atoms with Crippen LogP contribution in [-0.2, 0) is 20.7 Å². The number of aromatic nitrogens is 2. The third-order valence-corrected chi connectivity index (χ3v) is 3.41. The molecular formula is C12H16N2O4S. The van der Waals surface area contributed by atoms with Gasteiger partial charge in [0.1, 0.15) is 0 Å². The summed E-state index contributed by atoms with van der Waals surface area (Å²) in [7, 11) is 0. The summed E-state index contributed by atoms with van der Waals surface area (Å²) in [6.07, 6.45) is 0.599. The summed E-state index contributed by atoms with van der Waals surface area (Å²) in [5.41, 5.74) is 0.304. The third-order valence-electron chi connectivity index (χ3n) is 2.23. The number of hydrogen-bond donors (Lipinski definition) is 1. The van der Waals surface area contributed by atoms with Crippen LogP contribution in [0.2, 0.25) is 0 Å². The fourth-order valence-corrected chi connectivity index (χ4v) is 2.23. The number of carbonyl (C=O) groups excluding carboxylic acids is 2. The molecule has 0 saturated carbocycles. The molecule has 0 aliphatic rings. The number of ether oxygens (including phenoxy) is 1. The smallest absolute Gasteiger partial charge is 0.327 e. The van der Waals surface area contributed by atoms with Crippen LogP contribution in [0, 0.1) is 0 Å². The number of hydrogen-bond acceptors (Lipinski definition) is 6. The molecule has 0 radical (unpaired) electrons. The largest absolute Gasteiger partial charge is 0.465 e. The van der Waals surface area contributed by atoms with Crippen LogP contribution in [0.3, 0.4) is 0 Å². The maximum atomic E-state index is 11.6. The summed E-state index contributed by atoms with van der Waals surface area (Å²) in [4.78, 5) is 41.2. The van der Waals surface area contributed by atoms with Gasteiger partial charge in [-0.05, 0) is 20.3 Å². The first-order valence-electron chi connectivity index (χ1n) is 5.91. The van der Waals surface area contributed by atoms with Gasteiger partial charge in [-0.2, -0.15) is 0 Å². The van der Waals surface area contributed by atoms with Gasteiger partial charge in [0.25, 0.3) is 5.56 Å². The second-order valence-corrected chi connectivity index (χ2v) is 4.85. The first-order chi connectivity index (χ1) is 8.97. The normalized spacial score (nSPS) is 11.9. The number of H-pyrrole nitrogens is 1. The zero-order valence-corrected chi connectivity index (χ0v) is 11.9. The fraction of sp³-hybridized carbons (Fsp3) is 0.500. The summed E-state index contributed by atoms with van der Waals surface area (Å²) in [6.45, 7) is 5.03. The Morgan fingerprint density at radius 1 is 1.47 bits per heavy atom. The minimum absolute atomic E-state index is 0.197. The molecule has 0 aliphatic carbocycles. The number of ketones is 1. The molecule has 1 atom stereocenters. The van der Waals surface area contributed by atoms with Crippen molar-refractivity contribution in [3.63, 3.8) is 0 Å². The first kappa shape index (κ1) is 15.4. The van der Waals surface area contributed by atoms with E-state index in [-0.39, 0.29) is 23.1 Å². The lowest BCUT2D eigenvalue weighted by molar-refractivity contribution is -0.144. The van der Waals surface area contributed by atoms with Gasteiger partial charge in [-0.3, -0.25) is 14.4 Å². The number of nitrogens with one attached hydrogen (secondary N) is 1. The molecule has 0 unspecified atom stereocenters. The van der Waals surface area contributed by atoms with E-state index in [0.29, 0.717) is 12.1 Å². The Labute approximate surface area is 115 Å². The molecule has 6 nitrogen and oxygen atoms in total. The van der Waals surface area contributed by atoms with E-state index in [1.807, 2.05) is 6.92 Å². The maximum Gasteiger partial charge on any atom is 0.327 e. The van der Waals surface area contributed by atoms with E-state index in [0.717, 1.165) is 11.8 Å². The Balaban J connectivity index is 2.96. The van der Waals surface area contributed by atoms with Crippen LogP contribution < -0.4 is 5.56 Å². The van der Waals surface area contributed by atoms with Crippen LogP contribution in [0.5, 0.6) is 0 Å². The number of esters is 1. The van der Waals surface area contributed by atoms with Gasteiger partial charge >= 0.3 is 5.97 Å². The Morgan fingerprint density at radius 2 is 2.16 bits per heavy atom. The van der Waals surface area contributed by atoms with Crippen LogP contribution in [0.4, 0.5) is 0 Å². The number of nitrogens with zero attached hydrogens (tertiary/aromatic N) is 1. The molecule has 19 heavy (non-hydrogen) atoms. The number of Topliss-reactive ketones (excluding diaryl/α,β-unsaturated/α-hetero) is 1. The van der Waals surface area contributed by atoms with Crippen molar-refractivity contribution < 1.29 is 14.3 Å². The maximum absolute atomic E-state index is 11.6. The molecule has 0 fully saturated rings. The highest BCUT2D eigenvalue weighted by Gasteiger charge is 2.27. The van der Waals surface area contributed by atoms with Gasteiger partial charge in [0.15, 0.2) is 16.2 Å². The molecule has 104 valence electrons. The predicted octanol–water partition coefficient (Wildman–Crippen LogP) is 0.945. The van der Waals surface area contributed by atoms with E-state index < -0.39 is 11.2 Å². The van der Waals surface area contributed by atoms with Gasteiger partial charge in [-0.15, -0.1) is 0 Å². The molecule has 1 rings (SSSR count). The highest BCUT2D eigenvalue weighted by Crippen LogP contribution is 2.21. The predicted molar refractivity (Wildman–Crippen MR) is 71.2 cm³/mol. The monoisotopic (exact) mass is 284 g/mol. The van der Waals surface area contributed by atoms with Crippen LogP contribution in [-0.4, -0.2) is 33.6 Å². The summed E-state index contributed by atoms with van der Waals surface area (Å²) >= 11 is 0.898. The summed E-state index contributed by atoms with van der Waals surface area (Å²) in [5, 5.41) is -0.757. The van der Waals surface area contributed by atoms with Crippen molar-refractivity contribution in [3.8, 4) is 0 Å². The Bertz CT molecular complexity index is 527. The molecule has 0 saturated heterocycles. The fourth-order valence-electron chi connectivity index (χ4n) is 1.35. The lowest BCUT2D eigenvalue weighted by Crippen LogP contribution is -2.28. The number of aromatic amines is 1. The molecule has 0 aromatic carbocycles. The number of aryl methyl sites for hydroxylation is 1. The minimum atomic E-state index is -1.00. The average Bonchev–Trinajstić information content (AvgIpc) is 2.35. The van der Waals surface area contributed by atoms with Gasteiger partial charge in [-0.25, -0.2) is 4.98 Å². The van der Waals surface area contributed by atoms with Gasteiger partial charge in [0, 0.05) is 11.8 Å². The van der Waals surface area contributed by atoms with E-state index in [1.54, 1.807) is 6.92 Å². The zero-order chi connectivity index (χ0) is 14.4. The molecule has 0 amide bonds. The molecule has 0 bridgehead atoms. The summed E-state index contributed by atoms with van der Waals surface area (Å²) < 4.78 is 4.82. The van der Waals surface area contributed by atoms with E-state index in [4.69, 9.17) is 4.74 Å². The molecule has 1 heterocycles. The van der Waals surface area contributed by atoms with E-state index >= 15 is 0 Å². The lowest BCUT2D eigenvalue weighted by Gasteiger charge is -2.11. The van der Waals surface area contributed by atoms with Crippen molar-refractivity contribution in [2.45, 2.75) is 37.6 Å². The molecule has 0 aliphatic heterocycles. The van der Waals surface area contributed by atoms with E-state index in [1.165, 1.54) is 13.0 Å². The highest BCUT2D eigenvalue weighted by molar-refractivity contribution is 8.01. The number of rotatable bonds is 6. The second kappa shape index (κ2) is 7.08. The van der Waals surface area contributed by atoms with Crippen LogP contribution in [0.25, 0.3) is 0 Å². The van der Waals surface area contributed by atoms with Gasteiger partial charge in [-0.1, -0.05) is 18.7 Å². The Hall–Kier alpha value is -1.63. The van der Waals surface area contributed by atoms with E-state index in [9.17, 15) is 14.4 Å². The average molecular weight is 284 g/mol. The quantitative estimate of drug-likeness (QED) is 0.362. The van der Waals surface area contributed by atoms with Crippen molar-refractivity contribution in [3.05, 3.63) is 22.1 Å². The molecule has 1 N–H and O–H groups in total. The van der Waals surface area contributed by atoms with E-state index in [2.05, 4.69) is 9.97 Å². The molecule has 1 aromatic heterocycles. The van der Waals surface area contributed by atoms with Crippen molar-refractivity contribution in [1.82, 2.24) is 9.97 Å². The third kappa shape index (κ3) is 4.51. The second-order valence-electron chi connectivity index (χ2n) is 3.76. The van der Waals surface area contributed by atoms with Crippen LogP contribution >= 0.6 is 11.8 Å². The Morgan fingerprint density at radius 3 is 2.68 bits per heavy atom. The van der Waals surface area contributed by atoms with Crippen molar-refractivity contribution >= 4 is 23.5 Å². The molecular weight excluding hydrogens is 268 g/mol. The van der Waals surface area contributed by atoms with Gasteiger partial charge < -0.3 is 9.72 Å². The lowest BCUT2D eigenvalue weighted by atomic mass is 10.3. The van der Waals surface area contributed by atoms with Crippen LogP contribution in [0.1, 0.15) is 26.5 Å². The highest BCUT2D eigenvalue weighted by atomic mass is 32.2.